The summed E-state index contributed by atoms with van der Waals surface area (Å²) >= 11 is 6.19. The summed E-state index contributed by atoms with van der Waals surface area (Å²) in [4.78, 5) is 4.30. The van der Waals surface area contributed by atoms with Gasteiger partial charge in [0.05, 0.1) is 0 Å². The Kier molecular flexibility index (Phi) is 5.70. The highest BCUT2D eigenvalue weighted by Crippen LogP contribution is 2.26. The lowest BCUT2D eigenvalue weighted by atomic mass is 10.0. The number of rotatable bonds is 7. The predicted molar refractivity (Wildman–Crippen MR) is 81.8 cm³/mol. The van der Waals surface area contributed by atoms with E-state index in [2.05, 4.69) is 22.3 Å². The van der Waals surface area contributed by atoms with Crippen molar-refractivity contribution in [3.05, 3.63) is 46.8 Å². The second-order valence-corrected chi connectivity index (χ2v) is 5.28. The average molecular weight is 311 g/mol. The van der Waals surface area contributed by atoms with E-state index in [1.54, 1.807) is 12.4 Å². The van der Waals surface area contributed by atoms with Gasteiger partial charge in [-0.05, 0) is 37.6 Å². The highest BCUT2D eigenvalue weighted by atomic mass is 35.5. The van der Waals surface area contributed by atoms with Gasteiger partial charge in [-0.3, -0.25) is 4.68 Å². The van der Waals surface area contributed by atoms with Gasteiger partial charge in [-0.15, -0.1) is 0 Å². The van der Waals surface area contributed by atoms with E-state index >= 15 is 0 Å². The van der Waals surface area contributed by atoms with E-state index in [1.807, 2.05) is 11.6 Å². The van der Waals surface area contributed by atoms with Crippen LogP contribution in [0.15, 0.2) is 24.5 Å². The first-order valence-electron chi connectivity index (χ1n) is 7.20. The highest BCUT2D eigenvalue weighted by molar-refractivity contribution is 6.31. The van der Waals surface area contributed by atoms with Crippen LogP contribution < -0.4 is 5.32 Å². The number of benzene rings is 1. The monoisotopic (exact) mass is 310 g/mol. The fourth-order valence-corrected chi connectivity index (χ4v) is 2.59. The maximum atomic E-state index is 13.2. The van der Waals surface area contributed by atoms with Crippen molar-refractivity contribution >= 4 is 11.6 Å². The van der Waals surface area contributed by atoms with Gasteiger partial charge in [-0.25, -0.2) is 9.37 Å². The summed E-state index contributed by atoms with van der Waals surface area (Å²) < 4.78 is 15.1. The Morgan fingerprint density at radius 3 is 2.86 bits per heavy atom. The molecule has 0 aliphatic heterocycles. The van der Waals surface area contributed by atoms with Crippen LogP contribution in [-0.4, -0.2) is 21.3 Å². The number of hydrogen-bond acceptors (Lipinski definition) is 3. The molecule has 21 heavy (non-hydrogen) atoms. The van der Waals surface area contributed by atoms with Crippen LogP contribution in [0, 0.1) is 5.82 Å². The van der Waals surface area contributed by atoms with Crippen LogP contribution in [0.4, 0.5) is 4.39 Å². The standard InChI is InChI=1S/C15H20ClFN4/c1-3-7-18-14(9-15-19-10-20-21(15)4-2)12-6-5-11(17)8-13(12)16/h5-6,8,10,14,18H,3-4,7,9H2,1-2H3. The van der Waals surface area contributed by atoms with Crippen molar-refractivity contribution in [1.29, 1.82) is 0 Å². The molecule has 1 atom stereocenters. The summed E-state index contributed by atoms with van der Waals surface area (Å²) in [6, 6.07) is 4.51. The molecule has 0 saturated heterocycles. The first-order chi connectivity index (χ1) is 10.2. The Bertz CT molecular complexity index is 585. The summed E-state index contributed by atoms with van der Waals surface area (Å²) in [7, 11) is 0. The van der Waals surface area contributed by atoms with Crippen LogP contribution in [0.3, 0.4) is 0 Å². The van der Waals surface area contributed by atoms with Gasteiger partial charge in [0.15, 0.2) is 0 Å². The van der Waals surface area contributed by atoms with Gasteiger partial charge in [-0.2, -0.15) is 5.10 Å². The van der Waals surface area contributed by atoms with Crippen LogP contribution in [0.1, 0.15) is 37.7 Å². The van der Waals surface area contributed by atoms with Crippen molar-refractivity contribution in [2.75, 3.05) is 6.54 Å². The molecule has 0 spiro atoms. The van der Waals surface area contributed by atoms with Gasteiger partial charge < -0.3 is 5.32 Å². The molecule has 1 aromatic heterocycles. The van der Waals surface area contributed by atoms with Gasteiger partial charge in [-0.1, -0.05) is 24.6 Å². The minimum absolute atomic E-state index is 0.00690. The lowest BCUT2D eigenvalue weighted by molar-refractivity contribution is 0.496. The van der Waals surface area contributed by atoms with Crippen molar-refractivity contribution in [2.24, 2.45) is 0 Å². The third kappa shape index (κ3) is 4.02. The second-order valence-electron chi connectivity index (χ2n) is 4.87. The predicted octanol–water partition coefficient (Wildman–Crippen LogP) is 3.37. The number of halogens is 2. The molecule has 0 fully saturated rings. The van der Waals surface area contributed by atoms with Gasteiger partial charge >= 0.3 is 0 Å². The Labute approximate surface area is 129 Å². The Hall–Kier alpha value is -1.46. The van der Waals surface area contributed by atoms with E-state index in [0.29, 0.717) is 11.4 Å². The second kappa shape index (κ2) is 7.52. The number of aryl methyl sites for hydroxylation is 1. The Morgan fingerprint density at radius 1 is 1.38 bits per heavy atom. The molecule has 2 rings (SSSR count). The first kappa shape index (κ1) is 15.9. The quantitative estimate of drug-likeness (QED) is 0.852. The van der Waals surface area contributed by atoms with Crippen LogP contribution in [-0.2, 0) is 13.0 Å². The minimum atomic E-state index is -0.324. The average Bonchev–Trinajstić information content (AvgIpc) is 2.91. The molecule has 0 saturated carbocycles. The molecule has 0 amide bonds. The smallest absolute Gasteiger partial charge is 0.138 e. The number of nitrogens with zero attached hydrogens (tertiary/aromatic N) is 3. The zero-order valence-electron chi connectivity index (χ0n) is 12.3. The van der Waals surface area contributed by atoms with Gasteiger partial charge in [0, 0.05) is 24.0 Å². The lowest BCUT2D eigenvalue weighted by Crippen LogP contribution is -2.25. The summed E-state index contributed by atoms with van der Waals surface area (Å²) in [6.45, 7) is 5.76. The van der Waals surface area contributed by atoms with Crippen molar-refractivity contribution in [1.82, 2.24) is 20.1 Å². The number of hydrogen-bond donors (Lipinski definition) is 1. The molecule has 1 aromatic carbocycles. The molecule has 4 nitrogen and oxygen atoms in total. The van der Waals surface area contributed by atoms with E-state index < -0.39 is 0 Å². The molecule has 2 aromatic rings. The molecule has 0 aliphatic rings. The van der Waals surface area contributed by atoms with Gasteiger partial charge in [0.1, 0.15) is 18.0 Å². The summed E-state index contributed by atoms with van der Waals surface area (Å²) in [6.07, 6.45) is 3.23. The normalized spacial score (nSPS) is 12.6. The highest BCUT2D eigenvalue weighted by Gasteiger charge is 2.18. The topological polar surface area (TPSA) is 42.7 Å². The van der Waals surface area contributed by atoms with E-state index in [-0.39, 0.29) is 11.9 Å². The lowest BCUT2D eigenvalue weighted by Gasteiger charge is -2.20. The summed E-state index contributed by atoms with van der Waals surface area (Å²) in [5.41, 5.74) is 0.886. The van der Waals surface area contributed by atoms with E-state index in [1.165, 1.54) is 12.1 Å². The molecule has 0 radical (unpaired) electrons. The van der Waals surface area contributed by atoms with Crippen molar-refractivity contribution in [2.45, 2.75) is 39.3 Å². The molecular formula is C15H20ClFN4. The largest absolute Gasteiger partial charge is 0.310 e. The Morgan fingerprint density at radius 2 is 2.19 bits per heavy atom. The minimum Gasteiger partial charge on any atom is -0.310 e. The maximum Gasteiger partial charge on any atom is 0.138 e. The molecule has 6 heteroatoms. The molecule has 0 aliphatic carbocycles. The van der Waals surface area contributed by atoms with Crippen molar-refractivity contribution < 1.29 is 4.39 Å². The van der Waals surface area contributed by atoms with Crippen molar-refractivity contribution in [3.8, 4) is 0 Å². The molecule has 1 heterocycles. The van der Waals surface area contributed by atoms with Crippen LogP contribution in [0.5, 0.6) is 0 Å². The van der Waals surface area contributed by atoms with Crippen molar-refractivity contribution in [3.63, 3.8) is 0 Å². The summed E-state index contributed by atoms with van der Waals surface area (Å²) in [5.74, 6) is 0.571. The number of aromatic nitrogens is 3. The van der Waals surface area contributed by atoms with Crippen LogP contribution >= 0.6 is 11.6 Å². The first-order valence-corrected chi connectivity index (χ1v) is 7.58. The fraction of sp³-hybridized carbons (Fsp3) is 0.467. The number of nitrogens with one attached hydrogen (secondary N) is 1. The zero-order chi connectivity index (χ0) is 15.2. The third-order valence-corrected chi connectivity index (χ3v) is 3.69. The SMILES string of the molecule is CCCNC(Cc1ncnn1CC)c1ccc(F)cc1Cl. The molecular weight excluding hydrogens is 291 g/mol. The molecule has 0 bridgehead atoms. The van der Waals surface area contributed by atoms with Crippen LogP contribution in [0.2, 0.25) is 5.02 Å². The molecule has 1 unspecified atom stereocenters. The van der Waals surface area contributed by atoms with E-state index in [4.69, 9.17) is 11.6 Å². The Balaban J connectivity index is 2.25. The summed E-state index contributed by atoms with van der Waals surface area (Å²) in [5, 5.41) is 8.07. The third-order valence-electron chi connectivity index (χ3n) is 3.36. The van der Waals surface area contributed by atoms with Crippen LogP contribution in [0.25, 0.3) is 0 Å². The molecule has 114 valence electrons. The molecule has 1 N–H and O–H groups in total. The van der Waals surface area contributed by atoms with Gasteiger partial charge in [0.25, 0.3) is 0 Å². The van der Waals surface area contributed by atoms with E-state index in [0.717, 1.165) is 30.9 Å². The zero-order valence-corrected chi connectivity index (χ0v) is 13.1. The fourth-order valence-electron chi connectivity index (χ4n) is 2.29. The maximum absolute atomic E-state index is 13.2. The van der Waals surface area contributed by atoms with E-state index in [9.17, 15) is 4.39 Å². The van der Waals surface area contributed by atoms with Gasteiger partial charge in [0.2, 0.25) is 0 Å².